The number of nitrogens with zero attached hydrogens (tertiary/aromatic N) is 3. The van der Waals surface area contributed by atoms with Gasteiger partial charge in [-0.1, -0.05) is 5.16 Å². The molecule has 1 aliphatic rings. The topological polar surface area (TPSA) is 79.0 Å². The predicted octanol–water partition coefficient (Wildman–Crippen LogP) is 0.138. The molecule has 0 bridgehead atoms. The van der Waals surface area contributed by atoms with Crippen LogP contribution in [0.3, 0.4) is 0 Å². The lowest BCUT2D eigenvalue weighted by atomic mass is 10.2. The molecule has 0 unspecified atom stereocenters. The summed E-state index contributed by atoms with van der Waals surface area (Å²) in [6, 6.07) is 1.65. The monoisotopic (exact) mass is 297 g/mol. The smallest absolute Gasteiger partial charge is 0.276 e. The summed E-state index contributed by atoms with van der Waals surface area (Å²) < 4.78 is 10.1. The van der Waals surface area contributed by atoms with Crippen molar-refractivity contribution in [2.45, 2.75) is 20.0 Å². The number of hydrogen-bond donors (Lipinski definition) is 1. The van der Waals surface area contributed by atoms with Gasteiger partial charge in [0.25, 0.3) is 5.91 Å². The highest BCUT2D eigenvalue weighted by Crippen LogP contribution is 2.09. The molecule has 0 saturated carbocycles. The van der Waals surface area contributed by atoms with Crippen molar-refractivity contribution < 1.29 is 19.2 Å². The second kappa shape index (κ2) is 7.53. The number of amides is 1. The zero-order valence-electron chi connectivity index (χ0n) is 12.6. The molecule has 1 saturated heterocycles. The van der Waals surface area contributed by atoms with Gasteiger partial charge in [-0.05, 0) is 13.8 Å². The number of β-amino-alcohol motifs (C(OH)–C–C–N with tert-alkyl or cyclic N) is 1. The first kappa shape index (κ1) is 15.9. The van der Waals surface area contributed by atoms with E-state index >= 15 is 0 Å². The molecule has 1 aromatic rings. The molecule has 0 aliphatic carbocycles. The first-order valence-corrected chi connectivity index (χ1v) is 7.31. The fourth-order valence-electron chi connectivity index (χ4n) is 2.37. The lowest BCUT2D eigenvalue weighted by Gasteiger charge is -2.35. The molecule has 7 heteroatoms. The van der Waals surface area contributed by atoms with Gasteiger partial charge in [0.15, 0.2) is 5.69 Å². The van der Waals surface area contributed by atoms with E-state index < -0.39 is 6.10 Å². The molecule has 118 valence electrons. The SMILES string of the molecule is CCOC[C@H](O)CN1CCN(C(=O)c2cc(C)on2)CC1. The van der Waals surface area contributed by atoms with E-state index in [0.29, 0.717) is 44.3 Å². The van der Waals surface area contributed by atoms with Crippen LogP contribution in [0.4, 0.5) is 0 Å². The molecule has 0 aromatic carbocycles. The van der Waals surface area contributed by atoms with Crippen molar-refractivity contribution in [2.24, 2.45) is 0 Å². The fraction of sp³-hybridized carbons (Fsp3) is 0.714. The van der Waals surface area contributed by atoms with E-state index in [2.05, 4.69) is 10.1 Å². The number of aliphatic hydroxyl groups excluding tert-OH is 1. The van der Waals surface area contributed by atoms with Crippen LogP contribution in [0.25, 0.3) is 0 Å². The highest BCUT2D eigenvalue weighted by atomic mass is 16.5. The molecule has 2 rings (SSSR count). The maximum absolute atomic E-state index is 12.2. The summed E-state index contributed by atoms with van der Waals surface area (Å²) in [5, 5.41) is 13.6. The number of carbonyl (C=O) groups is 1. The Balaban J connectivity index is 1.76. The zero-order chi connectivity index (χ0) is 15.2. The molecular weight excluding hydrogens is 274 g/mol. The summed E-state index contributed by atoms with van der Waals surface area (Å²) >= 11 is 0. The van der Waals surface area contributed by atoms with Crippen LogP contribution in [-0.4, -0.2) is 78.0 Å². The molecule has 1 aromatic heterocycles. The Hall–Kier alpha value is -1.44. The number of aromatic nitrogens is 1. The Bertz CT molecular complexity index is 455. The highest BCUT2D eigenvalue weighted by molar-refractivity contribution is 5.92. The minimum absolute atomic E-state index is 0.0960. The van der Waals surface area contributed by atoms with Crippen LogP contribution in [-0.2, 0) is 4.74 Å². The quantitative estimate of drug-likeness (QED) is 0.804. The van der Waals surface area contributed by atoms with Gasteiger partial charge in [-0.3, -0.25) is 9.69 Å². The summed E-state index contributed by atoms with van der Waals surface area (Å²) in [5.74, 6) is 0.539. The van der Waals surface area contributed by atoms with Crippen LogP contribution in [0.15, 0.2) is 10.6 Å². The van der Waals surface area contributed by atoms with Crippen molar-refractivity contribution >= 4 is 5.91 Å². The van der Waals surface area contributed by atoms with Gasteiger partial charge in [-0.25, -0.2) is 0 Å². The second-order valence-electron chi connectivity index (χ2n) is 5.23. The molecule has 2 heterocycles. The second-order valence-corrected chi connectivity index (χ2v) is 5.23. The summed E-state index contributed by atoms with van der Waals surface area (Å²) in [6.45, 7) is 7.95. The highest BCUT2D eigenvalue weighted by Gasteiger charge is 2.25. The van der Waals surface area contributed by atoms with E-state index in [1.807, 2.05) is 6.92 Å². The Kier molecular flexibility index (Phi) is 5.72. The Labute approximate surface area is 124 Å². The van der Waals surface area contributed by atoms with Gasteiger partial charge in [-0.15, -0.1) is 0 Å². The van der Waals surface area contributed by atoms with E-state index in [1.54, 1.807) is 17.9 Å². The summed E-state index contributed by atoms with van der Waals surface area (Å²) in [4.78, 5) is 16.1. The zero-order valence-corrected chi connectivity index (χ0v) is 12.6. The number of aliphatic hydroxyl groups is 1. The molecule has 1 atom stereocenters. The summed E-state index contributed by atoms with van der Waals surface area (Å²) in [5.41, 5.74) is 0.359. The van der Waals surface area contributed by atoms with Crippen LogP contribution >= 0.6 is 0 Å². The van der Waals surface area contributed by atoms with E-state index in [9.17, 15) is 9.90 Å². The Morgan fingerprint density at radius 1 is 1.48 bits per heavy atom. The van der Waals surface area contributed by atoms with Crippen LogP contribution in [0.1, 0.15) is 23.2 Å². The molecule has 1 aliphatic heterocycles. The molecule has 21 heavy (non-hydrogen) atoms. The molecule has 0 spiro atoms. The Morgan fingerprint density at radius 2 is 2.19 bits per heavy atom. The van der Waals surface area contributed by atoms with Gasteiger partial charge in [0.1, 0.15) is 5.76 Å². The maximum Gasteiger partial charge on any atom is 0.276 e. The predicted molar refractivity (Wildman–Crippen MR) is 76.1 cm³/mol. The van der Waals surface area contributed by atoms with E-state index in [0.717, 1.165) is 13.1 Å². The molecule has 1 amide bonds. The lowest BCUT2D eigenvalue weighted by Crippen LogP contribution is -2.50. The molecule has 7 nitrogen and oxygen atoms in total. The van der Waals surface area contributed by atoms with Gasteiger partial charge in [-0.2, -0.15) is 0 Å². The first-order chi connectivity index (χ1) is 10.1. The number of carbonyl (C=O) groups excluding carboxylic acids is 1. The normalized spacial score (nSPS) is 18.0. The van der Waals surface area contributed by atoms with Crippen LogP contribution < -0.4 is 0 Å². The number of aryl methyl sites for hydroxylation is 1. The standard InChI is InChI=1S/C14H23N3O4/c1-3-20-10-12(18)9-16-4-6-17(7-5-16)14(19)13-8-11(2)21-15-13/h8,12,18H,3-7,9-10H2,1-2H3/t12-/m1/s1. The van der Waals surface area contributed by atoms with Gasteiger partial charge in [0.2, 0.25) is 0 Å². The number of ether oxygens (including phenoxy) is 1. The number of rotatable bonds is 6. The lowest BCUT2D eigenvalue weighted by molar-refractivity contribution is 0.0110. The summed E-state index contributed by atoms with van der Waals surface area (Å²) in [7, 11) is 0. The largest absolute Gasteiger partial charge is 0.389 e. The average Bonchev–Trinajstić information content (AvgIpc) is 2.92. The van der Waals surface area contributed by atoms with Gasteiger partial charge >= 0.3 is 0 Å². The molecule has 1 fully saturated rings. The van der Waals surface area contributed by atoms with Crippen LogP contribution in [0.2, 0.25) is 0 Å². The van der Waals surface area contributed by atoms with Gasteiger partial charge in [0.05, 0.1) is 12.7 Å². The third-order valence-corrected chi connectivity index (χ3v) is 3.49. The van der Waals surface area contributed by atoms with Crippen molar-refractivity contribution in [1.29, 1.82) is 0 Å². The van der Waals surface area contributed by atoms with Crippen molar-refractivity contribution in [1.82, 2.24) is 15.0 Å². The van der Waals surface area contributed by atoms with Crippen molar-refractivity contribution in [3.05, 3.63) is 17.5 Å². The minimum Gasteiger partial charge on any atom is -0.389 e. The third-order valence-electron chi connectivity index (χ3n) is 3.49. The summed E-state index contributed by atoms with van der Waals surface area (Å²) in [6.07, 6.45) is -0.481. The van der Waals surface area contributed by atoms with Gasteiger partial charge in [0, 0.05) is 45.4 Å². The van der Waals surface area contributed by atoms with E-state index in [4.69, 9.17) is 9.26 Å². The molecule has 0 radical (unpaired) electrons. The fourth-order valence-corrected chi connectivity index (χ4v) is 2.37. The molecule has 1 N–H and O–H groups in total. The van der Waals surface area contributed by atoms with Gasteiger partial charge < -0.3 is 19.3 Å². The average molecular weight is 297 g/mol. The van der Waals surface area contributed by atoms with Crippen LogP contribution in [0.5, 0.6) is 0 Å². The minimum atomic E-state index is -0.481. The van der Waals surface area contributed by atoms with Crippen molar-refractivity contribution in [3.63, 3.8) is 0 Å². The van der Waals surface area contributed by atoms with E-state index in [1.165, 1.54) is 0 Å². The van der Waals surface area contributed by atoms with Crippen molar-refractivity contribution in [2.75, 3.05) is 45.9 Å². The number of hydrogen-bond acceptors (Lipinski definition) is 6. The number of piperazine rings is 1. The first-order valence-electron chi connectivity index (χ1n) is 7.31. The van der Waals surface area contributed by atoms with Crippen molar-refractivity contribution in [3.8, 4) is 0 Å². The molecular formula is C14H23N3O4. The van der Waals surface area contributed by atoms with E-state index in [-0.39, 0.29) is 5.91 Å². The maximum atomic E-state index is 12.2. The Morgan fingerprint density at radius 3 is 2.76 bits per heavy atom. The third kappa shape index (κ3) is 4.52. The van der Waals surface area contributed by atoms with Crippen LogP contribution in [0, 0.1) is 6.92 Å².